The number of hydrogen-bond donors (Lipinski definition) is 0. The molecule has 342 valence electrons. The van der Waals surface area contributed by atoms with Crippen LogP contribution >= 0.6 is 0 Å². The normalized spacial score (nSPS) is 12.4. The second kappa shape index (κ2) is 48.0. The van der Waals surface area contributed by atoms with Crippen LogP contribution in [0.4, 0.5) is 0 Å². The standard InChI is InChI=1S/C53H94O6/c1-4-7-10-13-16-19-22-24-25-26-27-28-30-31-34-37-40-43-46-52(55)58-49-50(48-57-51(54)45-42-39-36-33-21-18-15-12-9-6-3)59-53(56)47-44-41-38-35-32-29-23-20-17-14-11-8-5-2/h8,11,14,17,20,23,29,32,50H,4-7,9-10,12-13,15-16,18-19,21-22,24-28,30-31,33-49H2,1-3H3/b11-8-,17-14-,23-20-,32-29-. The SMILES string of the molecule is CC\C=C/C=C\C=C/C=C\CCCCCC(=O)OC(COC(=O)CCCCCCCCCCCC)COC(=O)CCCCCCCCCCCCCCCCCCCC. The lowest BCUT2D eigenvalue weighted by molar-refractivity contribution is -0.167. The summed E-state index contributed by atoms with van der Waals surface area (Å²) in [4.78, 5) is 37.8. The molecule has 0 aromatic rings. The molecule has 0 aliphatic heterocycles. The third kappa shape index (κ3) is 46.3. The van der Waals surface area contributed by atoms with Gasteiger partial charge in [0.1, 0.15) is 13.2 Å². The Balaban J connectivity index is 4.33. The molecule has 6 heteroatoms. The third-order valence-corrected chi connectivity index (χ3v) is 10.9. The predicted molar refractivity (Wildman–Crippen MR) is 252 cm³/mol. The summed E-state index contributed by atoms with van der Waals surface area (Å²) in [5.41, 5.74) is 0. The molecule has 6 nitrogen and oxygen atoms in total. The van der Waals surface area contributed by atoms with Crippen LogP contribution in [0.2, 0.25) is 0 Å². The molecule has 0 aliphatic rings. The Morgan fingerprint density at radius 3 is 1.03 bits per heavy atom. The summed E-state index contributed by atoms with van der Waals surface area (Å²) in [6, 6.07) is 0. The number of esters is 3. The van der Waals surface area contributed by atoms with Crippen molar-refractivity contribution in [2.45, 2.75) is 258 Å². The van der Waals surface area contributed by atoms with E-state index >= 15 is 0 Å². The van der Waals surface area contributed by atoms with Crippen LogP contribution in [-0.2, 0) is 28.6 Å². The summed E-state index contributed by atoms with van der Waals surface area (Å²) in [7, 11) is 0. The number of allylic oxidation sites excluding steroid dienone is 8. The smallest absolute Gasteiger partial charge is 0.306 e. The fourth-order valence-corrected chi connectivity index (χ4v) is 7.16. The van der Waals surface area contributed by atoms with Crippen LogP contribution in [0.1, 0.15) is 252 Å². The van der Waals surface area contributed by atoms with E-state index < -0.39 is 6.10 Å². The zero-order valence-electron chi connectivity index (χ0n) is 39.0. The van der Waals surface area contributed by atoms with Crippen molar-refractivity contribution >= 4 is 17.9 Å². The Morgan fingerprint density at radius 1 is 0.356 bits per heavy atom. The van der Waals surface area contributed by atoms with Gasteiger partial charge in [0.05, 0.1) is 0 Å². The highest BCUT2D eigenvalue weighted by molar-refractivity contribution is 5.71. The average Bonchev–Trinajstić information content (AvgIpc) is 3.23. The molecule has 0 spiro atoms. The van der Waals surface area contributed by atoms with Crippen molar-refractivity contribution in [1.82, 2.24) is 0 Å². The fraction of sp³-hybridized carbons (Fsp3) is 0.792. The van der Waals surface area contributed by atoms with E-state index in [1.807, 2.05) is 36.5 Å². The highest BCUT2D eigenvalue weighted by Gasteiger charge is 2.19. The van der Waals surface area contributed by atoms with Gasteiger partial charge in [0.25, 0.3) is 0 Å². The first kappa shape index (κ1) is 56.4. The van der Waals surface area contributed by atoms with Crippen LogP contribution < -0.4 is 0 Å². The number of unbranched alkanes of at least 4 members (excludes halogenated alkanes) is 29. The van der Waals surface area contributed by atoms with Crippen LogP contribution in [0.5, 0.6) is 0 Å². The van der Waals surface area contributed by atoms with Crippen molar-refractivity contribution in [3.63, 3.8) is 0 Å². The first-order valence-electron chi connectivity index (χ1n) is 25.2. The van der Waals surface area contributed by atoms with Crippen LogP contribution in [0.15, 0.2) is 48.6 Å². The fourth-order valence-electron chi connectivity index (χ4n) is 7.16. The van der Waals surface area contributed by atoms with Crippen LogP contribution in [0, 0.1) is 0 Å². The molecule has 0 aliphatic carbocycles. The van der Waals surface area contributed by atoms with Gasteiger partial charge < -0.3 is 14.2 Å². The molecule has 0 aromatic carbocycles. The van der Waals surface area contributed by atoms with Crippen molar-refractivity contribution in [2.75, 3.05) is 13.2 Å². The Kier molecular flexibility index (Phi) is 45.9. The van der Waals surface area contributed by atoms with E-state index in [4.69, 9.17) is 14.2 Å². The van der Waals surface area contributed by atoms with Crippen LogP contribution in [0.3, 0.4) is 0 Å². The molecular formula is C53H94O6. The van der Waals surface area contributed by atoms with Crippen molar-refractivity contribution in [2.24, 2.45) is 0 Å². The minimum atomic E-state index is -0.787. The van der Waals surface area contributed by atoms with Gasteiger partial charge >= 0.3 is 17.9 Å². The van der Waals surface area contributed by atoms with E-state index in [2.05, 4.69) is 32.9 Å². The molecule has 1 unspecified atom stereocenters. The molecule has 0 fully saturated rings. The maximum Gasteiger partial charge on any atom is 0.306 e. The zero-order valence-corrected chi connectivity index (χ0v) is 39.0. The summed E-state index contributed by atoms with van der Waals surface area (Å²) >= 11 is 0. The summed E-state index contributed by atoms with van der Waals surface area (Å²) in [5.74, 6) is -0.919. The molecule has 0 N–H and O–H groups in total. The molecule has 0 aromatic heterocycles. The van der Waals surface area contributed by atoms with E-state index in [1.165, 1.54) is 141 Å². The lowest BCUT2D eigenvalue weighted by Crippen LogP contribution is -2.30. The van der Waals surface area contributed by atoms with Gasteiger partial charge in [-0.3, -0.25) is 14.4 Å². The highest BCUT2D eigenvalue weighted by atomic mass is 16.6. The lowest BCUT2D eigenvalue weighted by atomic mass is 10.0. The third-order valence-electron chi connectivity index (χ3n) is 10.9. The molecule has 0 amide bonds. The number of rotatable bonds is 45. The van der Waals surface area contributed by atoms with Crippen molar-refractivity contribution in [1.29, 1.82) is 0 Å². The van der Waals surface area contributed by atoms with Crippen molar-refractivity contribution < 1.29 is 28.6 Å². The molecule has 1 atom stereocenters. The monoisotopic (exact) mass is 827 g/mol. The molecule has 0 heterocycles. The van der Waals surface area contributed by atoms with Crippen LogP contribution in [-0.4, -0.2) is 37.2 Å². The minimum Gasteiger partial charge on any atom is -0.462 e. The van der Waals surface area contributed by atoms with Crippen LogP contribution in [0.25, 0.3) is 0 Å². The second-order valence-electron chi connectivity index (χ2n) is 16.8. The number of carbonyl (C=O) groups is 3. The van der Waals surface area contributed by atoms with Gasteiger partial charge in [0.15, 0.2) is 6.10 Å². The number of hydrogen-bond acceptors (Lipinski definition) is 6. The maximum atomic E-state index is 12.7. The molecule has 59 heavy (non-hydrogen) atoms. The maximum absolute atomic E-state index is 12.7. The Labute approximate surface area is 365 Å². The van der Waals surface area contributed by atoms with E-state index in [9.17, 15) is 14.4 Å². The summed E-state index contributed by atoms with van der Waals surface area (Å²) < 4.78 is 16.7. The quantitative estimate of drug-likeness (QED) is 0.0263. The van der Waals surface area contributed by atoms with Gasteiger partial charge in [0.2, 0.25) is 0 Å². The van der Waals surface area contributed by atoms with Gasteiger partial charge in [-0.05, 0) is 38.5 Å². The van der Waals surface area contributed by atoms with E-state index in [0.29, 0.717) is 12.8 Å². The molecule has 0 bridgehead atoms. The van der Waals surface area contributed by atoms with Gasteiger partial charge in [-0.1, -0.05) is 243 Å². The average molecular weight is 827 g/mol. The summed E-state index contributed by atoms with van der Waals surface area (Å²) in [6.07, 6.45) is 56.7. The van der Waals surface area contributed by atoms with Gasteiger partial charge in [-0.25, -0.2) is 0 Å². The van der Waals surface area contributed by atoms with E-state index in [1.54, 1.807) is 0 Å². The summed E-state index contributed by atoms with van der Waals surface area (Å²) in [6.45, 7) is 6.47. The lowest BCUT2D eigenvalue weighted by Gasteiger charge is -2.18. The second-order valence-corrected chi connectivity index (χ2v) is 16.8. The van der Waals surface area contributed by atoms with Gasteiger partial charge in [-0.15, -0.1) is 0 Å². The molecular weight excluding hydrogens is 733 g/mol. The topological polar surface area (TPSA) is 78.9 Å². The van der Waals surface area contributed by atoms with Crippen molar-refractivity contribution in [3.05, 3.63) is 48.6 Å². The highest BCUT2D eigenvalue weighted by Crippen LogP contribution is 2.16. The largest absolute Gasteiger partial charge is 0.462 e. The van der Waals surface area contributed by atoms with Gasteiger partial charge in [-0.2, -0.15) is 0 Å². The number of ether oxygens (including phenoxy) is 3. The zero-order chi connectivity index (χ0) is 43.0. The first-order valence-corrected chi connectivity index (χ1v) is 25.2. The van der Waals surface area contributed by atoms with E-state index in [0.717, 1.165) is 70.6 Å². The van der Waals surface area contributed by atoms with Gasteiger partial charge in [0, 0.05) is 19.3 Å². The summed E-state index contributed by atoms with van der Waals surface area (Å²) in [5, 5.41) is 0. The number of carbonyl (C=O) groups excluding carboxylic acids is 3. The Morgan fingerprint density at radius 2 is 0.661 bits per heavy atom. The Hall–Kier alpha value is -2.63. The van der Waals surface area contributed by atoms with E-state index in [-0.39, 0.29) is 37.5 Å². The molecule has 0 saturated heterocycles. The molecule has 0 saturated carbocycles. The Bertz CT molecular complexity index is 1040. The first-order chi connectivity index (χ1) is 29.0. The van der Waals surface area contributed by atoms with Crippen molar-refractivity contribution in [3.8, 4) is 0 Å². The minimum absolute atomic E-state index is 0.0858. The predicted octanol–water partition coefficient (Wildman–Crippen LogP) is 16.3. The molecule has 0 radical (unpaired) electrons. The molecule has 0 rings (SSSR count).